The Morgan fingerprint density at radius 3 is 2.73 bits per heavy atom. The molecule has 0 aliphatic rings. The molecular formula is C9H12N2O4. The van der Waals surface area contributed by atoms with Crippen LogP contribution in [0.1, 0.15) is 22.7 Å². The maximum atomic E-state index is 11.0. The van der Waals surface area contributed by atoms with Crippen LogP contribution in [0.5, 0.6) is 0 Å². The molecule has 0 aromatic carbocycles. The molecule has 0 spiro atoms. The molecule has 15 heavy (non-hydrogen) atoms. The number of carboxylic acid groups (broad SMARTS) is 1. The van der Waals surface area contributed by atoms with E-state index in [2.05, 4.69) is 5.32 Å². The fourth-order valence-corrected chi connectivity index (χ4v) is 0.993. The van der Waals surface area contributed by atoms with Gasteiger partial charge in [-0.2, -0.15) is 0 Å². The third-order valence-corrected chi connectivity index (χ3v) is 1.70. The Hall–Kier alpha value is -1.82. The molecule has 4 N–H and O–H groups in total. The van der Waals surface area contributed by atoms with Gasteiger partial charge < -0.3 is 20.6 Å². The van der Waals surface area contributed by atoms with E-state index in [1.165, 1.54) is 12.1 Å². The average molecular weight is 212 g/mol. The van der Waals surface area contributed by atoms with E-state index in [1.54, 1.807) is 0 Å². The van der Waals surface area contributed by atoms with Crippen molar-refractivity contribution in [3.05, 3.63) is 23.7 Å². The second kappa shape index (κ2) is 5.16. The van der Waals surface area contributed by atoms with Gasteiger partial charge in [0, 0.05) is 13.0 Å². The number of aromatic carboxylic acids is 1. The topological polar surface area (TPSA) is 106 Å². The SMILES string of the molecule is NCCC(=O)NCc1ccc(C(=O)O)o1. The molecule has 1 aromatic rings. The minimum atomic E-state index is -1.13. The summed E-state index contributed by atoms with van der Waals surface area (Å²) in [6.45, 7) is 0.455. The Kier molecular flexibility index (Phi) is 3.87. The Balaban J connectivity index is 2.44. The van der Waals surface area contributed by atoms with E-state index in [0.29, 0.717) is 5.76 Å². The van der Waals surface area contributed by atoms with Gasteiger partial charge in [0.2, 0.25) is 11.7 Å². The van der Waals surface area contributed by atoms with E-state index in [9.17, 15) is 9.59 Å². The van der Waals surface area contributed by atoms with Gasteiger partial charge >= 0.3 is 5.97 Å². The Bertz CT molecular complexity index is 359. The summed E-state index contributed by atoms with van der Waals surface area (Å²) in [6, 6.07) is 2.85. The van der Waals surface area contributed by atoms with Gasteiger partial charge in [-0.25, -0.2) is 4.79 Å². The highest BCUT2D eigenvalue weighted by Gasteiger charge is 2.09. The molecule has 6 heteroatoms. The Morgan fingerprint density at radius 1 is 1.47 bits per heavy atom. The van der Waals surface area contributed by atoms with Crippen LogP contribution < -0.4 is 11.1 Å². The first-order valence-corrected chi connectivity index (χ1v) is 4.42. The van der Waals surface area contributed by atoms with E-state index < -0.39 is 5.97 Å². The minimum absolute atomic E-state index is 0.141. The van der Waals surface area contributed by atoms with Gasteiger partial charge in [0.05, 0.1) is 6.54 Å². The molecule has 0 saturated carbocycles. The van der Waals surface area contributed by atoms with Crippen LogP contribution in [0.2, 0.25) is 0 Å². The molecule has 1 amide bonds. The zero-order chi connectivity index (χ0) is 11.3. The van der Waals surface area contributed by atoms with Gasteiger partial charge in [-0.3, -0.25) is 4.79 Å². The number of nitrogens with one attached hydrogen (secondary N) is 1. The maximum absolute atomic E-state index is 11.0. The van der Waals surface area contributed by atoms with Crippen LogP contribution in [0.25, 0.3) is 0 Å². The molecule has 0 radical (unpaired) electrons. The lowest BCUT2D eigenvalue weighted by atomic mass is 10.4. The summed E-state index contributed by atoms with van der Waals surface area (Å²) in [5, 5.41) is 11.1. The molecule has 6 nitrogen and oxygen atoms in total. The summed E-state index contributed by atoms with van der Waals surface area (Å²) in [5.74, 6) is -1.06. The van der Waals surface area contributed by atoms with Gasteiger partial charge in [0.25, 0.3) is 0 Å². The lowest BCUT2D eigenvalue weighted by molar-refractivity contribution is -0.121. The van der Waals surface area contributed by atoms with Crippen molar-refractivity contribution in [2.75, 3.05) is 6.54 Å². The van der Waals surface area contributed by atoms with E-state index in [-0.39, 0.29) is 31.2 Å². The predicted molar refractivity (Wildman–Crippen MR) is 51.2 cm³/mol. The maximum Gasteiger partial charge on any atom is 0.371 e. The molecule has 1 aromatic heterocycles. The third kappa shape index (κ3) is 3.43. The minimum Gasteiger partial charge on any atom is -0.475 e. The number of carbonyl (C=O) groups excluding carboxylic acids is 1. The zero-order valence-electron chi connectivity index (χ0n) is 8.03. The zero-order valence-corrected chi connectivity index (χ0v) is 8.03. The van der Waals surface area contributed by atoms with E-state index in [4.69, 9.17) is 15.3 Å². The molecule has 0 atom stereocenters. The molecular weight excluding hydrogens is 200 g/mol. The number of amides is 1. The fraction of sp³-hybridized carbons (Fsp3) is 0.333. The summed E-state index contributed by atoms with van der Waals surface area (Å²) < 4.78 is 4.93. The highest BCUT2D eigenvalue weighted by Crippen LogP contribution is 2.07. The van der Waals surface area contributed by atoms with Crippen molar-refractivity contribution < 1.29 is 19.1 Å². The number of nitrogens with two attached hydrogens (primary N) is 1. The summed E-state index contributed by atoms with van der Waals surface area (Å²) in [4.78, 5) is 21.5. The first-order chi connectivity index (χ1) is 7.13. The fourth-order valence-electron chi connectivity index (χ4n) is 0.993. The second-order valence-corrected chi connectivity index (χ2v) is 2.89. The van der Waals surface area contributed by atoms with Crippen molar-refractivity contribution in [1.29, 1.82) is 0 Å². The van der Waals surface area contributed by atoms with Crippen LogP contribution in [-0.4, -0.2) is 23.5 Å². The number of furan rings is 1. The quantitative estimate of drug-likeness (QED) is 0.634. The number of hydrogen-bond acceptors (Lipinski definition) is 4. The number of rotatable bonds is 5. The van der Waals surface area contributed by atoms with Gasteiger partial charge in [-0.15, -0.1) is 0 Å². The third-order valence-electron chi connectivity index (χ3n) is 1.70. The van der Waals surface area contributed by atoms with Crippen LogP contribution >= 0.6 is 0 Å². The molecule has 82 valence electrons. The Labute approximate surface area is 86.1 Å². The van der Waals surface area contributed by atoms with Crippen molar-refractivity contribution in [2.24, 2.45) is 5.73 Å². The smallest absolute Gasteiger partial charge is 0.371 e. The van der Waals surface area contributed by atoms with E-state index in [1.807, 2.05) is 0 Å². The molecule has 0 aliphatic carbocycles. The molecule has 0 saturated heterocycles. The van der Waals surface area contributed by atoms with Crippen molar-refractivity contribution >= 4 is 11.9 Å². The van der Waals surface area contributed by atoms with Gasteiger partial charge in [-0.05, 0) is 12.1 Å². The summed E-state index contributed by atoms with van der Waals surface area (Å²) in [5.41, 5.74) is 5.18. The molecule has 1 rings (SSSR count). The van der Waals surface area contributed by atoms with Crippen molar-refractivity contribution in [3.63, 3.8) is 0 Å². The number of hydrogen-bond donors (Lipinski definition) is 3. The number of carbonyl (C=O) groups is 2. The predicted octanol–water partition coefficient (Wildman–Crippen LogP) is -0.0572. The first kappa shape index (κ1) is 11.3. The van der Waals surface area contributed by atoms with Crippen LogP contribution in [0.3, 0.4) is 0 Å². The standard InChI is InChI=1S/C9H12N2O4/c10-4-3-8(12)11-5-6-1-2-7(15-6)9(13)14/h1-2H,3-5,10H2,(H,11,12)(H,13,14). The molecule has 0 aliphatic heterocycles. The van der Waals surface area contributed by atoms with Crippen LogP contribution in [0.15, 0.2) is 16.5 Å². The van der Waals surface area contributed by atoms with Crippen molar-refractivity contribution in [1.82, 2.24) is 5.32 Å². The molecule has 1 heterocycles. The van der Waals surface area contributed by atoms with Gasteiger partial charge in [-0.1, -0.05) is 0 Å². The first-order valence-electron chi connectivity index (χ1n) is 4.42. The van der Waals surface area contributed by atoms with Gasteiger partial charge in [0.15, 0.2) is 0 Å². The monoisotopic (exact) mass is 212 g/mol. The van der Waals surface area contributed by atoms with E-state index in [0.717, 1.165) is 0 Å². The second-order valence-electron chi connectivity index (χ2n) is 2.89. The lowest BCUT2D eigenvalue weighted by Crippen LogP contribution is -2.24. The van der Waals surface area contributed by atoms with Crippen LogP contribution in [0, 0.1) is 0 Å². The average Bonchev–Trinajstić information content (AvgIpc) is 2.63. The summed E-state index contributed by atoms with van der Waals surface area (Å²) >= 11 is 0. The summed E-state index contributed by atoms with van der Waals surface area (Å²) in [6.07, 6.45) is 0.243. The highest BCUT2D eigenvalue weighted by atomic mass is 16.4. The van der Waals surface area contributed by atoms with Crippen molar-refractivity contribution in [2.45, 2.75) is 13.0 Å². The number of carboxylic acids is 1. The molecule has 0 bridgehead atoms. The van der Waals surface area contributed by atoms with Crippen LogP contribution in [-0.2, 0) is 11.3 Å². The highest BCUT2D eigenvalue weighted by molar-refractivity contribution is 5.84. The van der Waals surface area contributed by atoms with E-state index >= 15 is 0 Å². The summed E-state index contributed by atoms with van der Waals surface area (Å²) in [7, 11) is 0. The van der Waals surface area contributed by atoms with Gasteiger partial charge in [0.1, 0.15) is 5.76 Å². The Morgan fingerprint density at radius 2 is 2.20 bits per heavy atom. The lowest BCUT2D eigenvalue weighted by Gasteiger charge is -2.00. The van der Waals surface area contributed by atoms with Crippen molar-refractivity contribution in [3.8, 4) is 0 Å². The molecule has 0 fully saturated rings. The largest absolute Gasteiger partial charge is 0.475 e. The molecule has 0 unspecified atom stereocenters. The van der Waals surface area contributed by atoms with Crippen LogP contribution in [0.4, 0.5) is 0 Å². The normalized spacial score (nSPS) is 9.93.